The zero-order chi connectivity index (χ0) is 14.8. The zero-order valence-corrected chi connectivity index (χ0v) is 11.4. The molecule has 1 aromatic rings. The third kappa shape index (κ3) is 3.07. The van der Waals surface area contributed by atoms with Crippen molar-refractivity contribution in [3.63, 3.8) is 0 Å². The Kier molecular flexibility index (Phi) is 4.55. The number of aliphatic hydroxyl groups excluding tert-OH is 1. The Morgan fingerprint density at radius 2 is 2.15 bits per heavy atom. The summed E-state index contributed by atoms with van der Waals surface area (Å²) in [6.07, 6.45) is -2.66. The van der Waals surface area contributed by atoms with E-state index in [1.807, 2.05) is 4.90 Å². The molecule has 2 rings (SSSR count). The van der Waals surface area contributed by atoms with Crippen LogP contribution in [0.5, 0.6) is 0 Å². The van der Waals surface area contributed by atoms with Crippen LogP contribution in [0.25, 0.3) is 0 Å². The number of nitrogens with zero attached hydrogens (tertiary/aromatic N) is 1. The van der Waals surface area contributed by atoms with Gasteiger partial charge in [-0.05, 0) is 37.6 Å². The monoisotopic (exact) mass is 288 g/mol. The van der Waals surface area contributed by atoms with E-state index < -0.39 is 11.7 Å². The van der Waals surface area contributed by atoms with E-state index in [4.69, 9.17) is 0 Å². The van der Waals surface area contributed by atoms with Crippen molar-refractivity contribution in [2.75, 3.05) is 25.1 Å². The van der Waals surface area contributed by atoms with Gasteiger partial charge in [0.15, 0.2) is 0 Å². The highest BCUT2D eigenvalue weighted by Gasteiger charge is 2.34. The fraction of sp³-hybridized carbons (Fsp3) is 0.571. The quantitative estimate of drug-likeness (QED) is 0.893. The Hall–Kier alpha value is -1.27. The number of nitrogens with one attached hydrogen (secondary N) is 1. The number of hydrogen-bond acceptors (Lipinski definition) is 3. The van der Waals surface area contributed by atoms with Crippen LogP contribution in [-0.4, -0.2) is 31.3 Å². The molecule has 1 unspecified atom stereocenters. The summed E-state index contributed by atoms with van der Waals surface area (Å²) in [5.74, 6) is 0. The molecule has 3 nitrogen and oxygen atoms in total. The van der Waals surface area contributed by atoms with E-state index >= 15 is 0 Å². The number of aliphatic hydroxyl groups is 1. The smallest absolute Gasteiger partial charge is 0.394 e. The number of benzene rings is 1. The molecule has 1 saturated heterocycles. The minimum absolute atomic E-state index is 0.0282. The van der Waals surface area contributed by atoms with Gasteiger partial charge in [-0.1, -0.05) is 6.07 Å². The summed E-state index contributed by atoms with van der Waals surface area (Å²) in [7, 11) is 1.62. The van der Waals surface area contributed by atoms with Crippen LogP contribution in [0, 0.1) is 0 Å². The van der Waals surface area contributed by atoms with Gasteiger partial charge in [0.25, 0.3) is 0 Å². The third-order valence-electron chi connectivity index (χ3n) is 3.69. The number of halogens is 3. The maximum atomic E-state index is 13.1. The molecule has 0 spiro atoms. The highest BCUT2D eigenvalue weighted by Crippen LogP contribution is 2.36. The molecule has 0 saturated carbocycles. The minimum atomic E-state index is -4.36. The maximum Gasteiger partial charge on any atom is 0.416 e. The van der Waals surface area contributed by atoms with Crippen molar-refractivity contribution in [3.05, 3.63) is 29.3 Å². The van der Waals surface area contributed by atoms with Crippen LogP contribution in [-0.2, 0) is 12.7 Å². The summed E-state index contributed by atoms with van der Waals surface area (Å²) >= 11 is 0. The lowest BCUT2D eigenvalue weighted by atomic mass is 10.0. The average molecular weight is 288 g/mol. The molecule has 6 heteroatoms. The lowest BCUT2D eigenvalue weighted by Gasteiger charge is -2.26. The van der Waals surface area contributed by atoms with Crippen LogP contribution in [0.15, 0.2) is 18.2 Å². The van der Waals surface area contributed by atoms with E-state index in [1.165, 1.54) is 12.1 Å². The van der Waals surface area contributed by atoms with E-state index in [9.17, 15) is 18.3 Å². The number of alkyl halides is 3. The molecule has 1 atom stereocenters. The Bertz CT molecular complexity index is 462. The first-order chi connectivity index (χ1) is 9.47. The standard InChI is InChI=1S/C14H19F3N2O/c1-18-8-10-4-5-11(7-13(10)14(15,16)17)19-6-2-3-12(19)9-20/h4-5,7,12,18,20H,2-3,6,8-9H2,1H3. The molecule has 2 N–H and O–H groups in total. The summed E-state index contributed by atoms with van der Waals surface area (Å²) in [5, 5.41) is 12.0. The van der Waals surface area contributed by atoms with Crippen LogP contribution < -0.4 is 10.2 Å². The van der Waals surface area contributed by atoms with Gasteiger partial charge in [0, 0.05) is 18.8 Å². The normalized spacial score (nSPS) is 19.6. The fourth-order valence-electron chi connectivity index (χ4n) is 2.72. The predicted molar refractivity (Wildman–Crippen MR) is 71.7 cm³/mol. The largest absolute Gasteiger partial charge is 0.416 e. The van der Waals surface area contributed by atoms with Crippen molar-refractivity contribution in [2.45, 2.75) is 31.6 Å². The van der Waals surface area contributed by atoms with Crippen molar-refractivity contribution in [1.82, 2.24) is 5.32 Å². The van der Waals surface area contributed by atoms with Gasteiger partial charge in [-0.3, -0.25) is 0 Å². The Morgan fingerprint density at radius 1 is 1.40 bits per heavy atom. The average Bonchev–Trinajstić information content (AvgIpc) is 2.86. The van der Waals surface area contributed by atoms with E-state index in [0.29, 0.717) is 12.2 Å². The van der Waals surface area contributed by atoms with Gasteiger partial charge in [-0.2, -0.15) is 13.2 Å². The second-order valence-corrected chi connectivity index (χ2v) is 5.04. The highest BCUT2D eigenvalue weighted by molar-refractivity contribution is 5.53. The molecule has 1 aromatic carbocycles. The molecular formula is C14H19F3N2O. The summed E-state index contributed by atoms with van der Waals surface area (Å²) in [4.78, 5) is 1.86. The van der Waals surface area contributed by atoms with E-state index in [1.54, 1.807) is 13.1 Å². The first-order valence-electron chi connectivity index (χ1n) is 6.69. The van der Waals surface area contributed by atoms with Gasteiger partial charge in [0.2, 0.25) is 0 Å². The topological polar surface area (TPSA) is 35.5 Å². The van der Waals surface area contributed by atoms with Crippen molar-refractivity contribution in [2.24, 2.45) is 0 Å². The molecule has 1 heterocycles. The lowest BCUT2D eigenvalue weighted by molar-refractivity contribution is -0.138. The molecule has 1 aliphatic rings. The van der Waals surface area contributed by atoms with Crippen molar-refractivity contribution in [3.8, 4) is 0 Å². The predicted octanol–water partition coefficient (Wildman–Crippen LogP) is 2.39. The summed E-state index contributed by atoms with van der Waals surface area (Å²) in [6, 6.07) is 4.34. The fourth-order valence-corrected chi connectivity index (χ4v) is 2.72. The van der Waals surface area contributed by atoms with Crippen LogP contribution in [0.1, 0.15) is 24.0 Å². The molecular weight excluding hydrogens is 269 g/mol. The summed E-state index contributed by atoms with van der Waals surface area (Å²) in [6.45, 7) is 0.839. The van der Waals surface area contributed by atoms with Gasteiger partial charge in [-0.25, -0.2) is 0 Å². The molecule has 0 aliphatic carbocycles. The summed E-state index contributed by atoms with van der Waals surface area (Å²) in [5.41, 5.74) is 0.171. The molecule has 0 radical (unpaired) electrons. The SMILES string of the molecule is CNCc1ccc(N2CCCC2CO)cc1C(F)(F)F. The molecule has 1 aliphatic heterocycles. The van der Waals surface area contributed by atoms with Crippen molar-refractivity contribution in [1.29, 1.82) is 0 Å². The highest BCUT2D eigenvalue weighted by atomic mass is 19.4. The first kappa shape index (κ1) is 15.1. The second-order valence-electron chi connectivity index (χ2n) is 5.04. The van der Waals surface area contributed by atoms with Gasteiger partial charge < -0.3 is 15.3 Å². The lowest BCUT2D eigenvalue weighted by Crippen LogP contribution is -2.32. The van der Waals surface area contributed by atoms with Gasteiger partial charge in [0.1, 0.15) is 0 Å². The van der Waals surface area contributed by atoms with Gasteiger partial charge >= 0.3 is 6.18 Å². The van der Waals surface area contributed by atoms with E-state index in [2.05, 4.69) is 5.32 Å². The van der Waals surface area contributed by atoms with Gasteiger partial charge in [-0.15, -0.1) is 0 Å². The first-order valence-corrected chi connectivity index (χ1v) is 6.69. The molecule has 0 bridgehead atoms. The molecule has 0 aromatic heterocycles. The van der Waals surface area contributed by atoms with Crippen molar-refractivity contribution < 1.29 is 18.3 Å². The minimum Gasteiger partial charge on any atom is -0.394 e. The van der Waals surface area contributed by atoms with Crippen molar-refractivity contribution >= 4 is 5.69 Å². The summed E-state index contributed by atoms with van der Waals surface area (Å²) < 4.78 is 39.4. The molecule has 1 fully saturated rings. The zero-order valence-electron chi connectivity index (χ0n) is 11.4. The van der Waals surface area contributed by atoms with Crippen LogP contribution in [0.2, 0.25) is 0 Å². The van der Waals surface area contributed by atoms with Crippen LogP contribution in [0.3, 0.4) is 0 Å². The Balaban J connectivity index is 2.36. The molecule has 20 heavy (non-hydrogen) atoms. The van der Waals surface area contributed by atoms with Gasteiger partial charge in [0.05, 0.1) is 18.2 Å². The second kappa shape index (κ2) is 6.01. The van der Waals surface area contributed by atoms with Crippen LogP contribution >= 0.6 is 0 Å². The Morgan fingerprint density at radius 3 is 2.75 bits per heavy atom. The molecule has 112 valence electrons. The number of rotatable bonds is 4. The van der Waals surface area contributed by atoms with Crippen LogP contribution in [0.4, 0.5) is 18.9 Å². The van der Waals surface area contributed by atoms with E-state index in [0.717, 1.165) is 12.8 Å². The number of anilines is 1. The number of hydrogen-bond donors (Lipinski definition) is 2. The Labute approximate surface area is 116 Å². The maximum absolute atomic E-state index is 13.1. The third-order valence-corrected chi connectivity index (χ3v) is 3.69. The van der Waals surface area contributed by atoms with E-state index in [-0.39, 0.29) is 24.8 Å². The molecule has 0 amide bonds.